The molecule has 0 aliphatic rings. The first kappa shape index (κ1) is 15.1. The van der Waals surface area contributed by atoms with Gasteiger partial charge in [0.1, 0.15) is 17.3 Å². The predicted octanol–water partition coefficient (Wildman–Crippen LogP) is 4.68. The average Bonchev–Trinajstić information content (AvgIpc) is 2.43. The molecule has 108 valence electrons. The van der Waals surface area contributed by atoms with E-state index in [0.717, 1.165) is 6.08 Å². The highest BCUT2D eigenvalue weighted by molar-refractivity contribution is 6.32. The van der Waals surface area contributed by atoms with Gasteiger partial charge in [0.2, 0.25) is 0 Å². The number of hydrogen-bond acceptors (Lipinski definition) is 2. The lowest BCUT2D eigenvalue weighted by Crippen LogP contribution is -1.89. The molecule has 0 aliphatic carbocycles. The van der Waals surface area contributed by atoms with Gasteiger partial charge in [-0.05, 0) is 54.5 Å². The maximum absolute atomic E-state index is 13.2. The third-order valence-corrected chi connectivity index (χ3v) is 3.03. The van der Waals surface area contributed by atoms with Crippen LogP contribution in [-0.2, 0) is 4.79 Å². The fraction of sp³-hybridized carbons (Fsp3) is 0.0625. The van der Waals surface area contributed by atoms with Crippen LogP contribution in [0.15, 0.2) is 42.5 Å². The molecular weight excluding hydrogens is 295 g/mol. The van der Waals surface area contributed by atoms with E-state index in [4.69, 9.17) is 21.4 Å². The Balaban J connectivity index is 2.21. The monoisotopic (exact) mass is 306 g/mol. The molecule has 0 radical (unpaired) electrons. The minimum Gasteiger partial charge on any atom is -0.478 e. The highest BCUT2D eigenvalue weighted by atomic mass is 35.5. The first-order valence-corrected chi connectivity index (χ1v) is 6.48. The molecule has 2 aromatic rings. The van der Waals surface area contributed by atoms with Crippen LogP contribution in [0, 0.1) is 12.7 Å². The zero-order valence-electron chi connectivity index (χ0n) is 11.1. The third kappa shape index (κ3) is 4.07. The Morgan fingerprint density at radius 1 is 1.29 bits per heavy atom. The van der Waals surface area contributed by atoms with Crippen molar-refractivity contribution >= 4 is 23.6 Å². The molecule has 0 amide bonds. The van der Waals surface area contributed by atoms with E-state index in [-0.39, 0.29) is 5.82 Å². The molecular formula is C16H12ClFO3. The highest BCUT2D eigenvalue weighted by Crippen LogP contribution is 2.31. The normalized spacial score (nSPS) is 10.8. The number of carbonyl (C=O) groups is 1. The van der Waals surface area contributed by atoms with Crippen LogP contribution < -0.4 is 4.74 Å². The predicted molar refractivity (Wildman–Crippen MR) is 79.3 cm³/mol. The SMILES string of the molecule is Cc1cc(Oc2ccc(/C=C/C(=O)O)cc2Cl)ccc1F. The highest BCUT2D eigenvalue weighted by Gasteiger charge is 2.06. The van der Waals surface area contributed by atoms with E-state index in [1.165, 1.54) is 18.2 Å². The number of rotatable bonds is 4. The summed E-state index contributed by atoms with van der Waals surface area (Å²) in [5.74, 6) is -0.449. The summed E-state index contributed by atoms with van der Waals surface area (Å²) in [5, 5.41) is 8.90. The molecule has 0 atom stereocenters. The molecule has 1 N–H and O–H groups in total. The van der Waals surface area contributed by atoms with Crippen molar-refractivity contribution in [1.82, 2.24) is 0 Å². The second-order valence-corrected chi connectivity index (χ2v) is 4.78. The van der Waals surface area contributed by atoms with Gasteiger partial charge in [0.15, 0.2) is 0 Å². The van der Waals surface area contributed by atoms with Crippen molar-refractivity contribution in [3.63, 3.8) is 0 Å². The molecule has 0 fully saturated rings. The van der Waals surface area contributed by atoms with Crippen LogP contribution in [0.4, 0.5) is 4.39 Å². The van der Waals surface area contributed by atoms with Gasteiger partial charge in [0.05, 0.1) is 5.02 Å². The summed E-state index contributed by atoms with van der Waals surface area (Å²) in [5.41, 5.74) is 1.12. The van der Waals surface area contributed by atoms with E-state index >= 15 is 0 Å². The molecule has 21 heavy (non-hydrogen) atoms. The summed E-state index contributed by atoms with van der Waals surface area (Å²) < 4.78 is 18.8. The zero-order valence-corrected chi connectivity index (χ0v) is 11.9. The van der Waals surface area contributed by atoms with Gasteiger partial charge in [-0.15, -0.1) is 0 Å². The minimum absolute atomic E-state index is 0.303. The standard InChI is InChI=1S/C16H12ClFO3/c1-10-8-12(4-5-14(10)18)21-15-6-2-11(9-13(15)17)3-7-16(19)20/h2-9H,1H3,(H,19,20)/b7-3+. The second kappa shape index (κ2) is 6.41. The number of aliphatic carboxylic acids is 1. The van der Waals surface area contributed by atoms with Crippen LogP contribution >= 0.6 is 11.6 Å². The summed E-state index contributed by atoms with van der Waals surface area (Å²) in [6, 6.07) is 9.30. The van der Waals surface area contributed by atoms with Gasteiger partial charge in [0, 0.05) is 6.08 Å². The van der Waals surface area contributed by atoms with Crippen LogP contribution in [0.3, 0.4) is 0 Å². The summed E-state index contributed by atoms with van der Waals surface area (Å²) in [6.45, 7) is 1.64. The number of hydrogen-bond donors (Lipinski definition) is 1. The molecule has 0 spiro atoms. The Bertz CT molecular complexity index is 711. The van der Waals surface area contributed by atoms with Gasteiger partial charge in [-0.3, -0.25) is 0 Å². The van der Waals surface area contributed by atoms with Gasteiger partial charge in [-0.2, -0.15) is 0 Å². The molecule has 0 aromatic heterocycles. The third-order valence-electron chi connectivity index (χ3n) is 2.73. The number of benzene rings is 2. The quantitative estimate of drug-likeness (QED) is 0.834. The van der Waals surface area contributed by atoms with Gasteiger partial charge < -0.3 is 9.84 Å². The second-order valence-electron chi connectivity index (χ2n) is 4.37. The first-order chi connectivity index (χ1) is 9.95. The lowest BCUT2D eigenvalue weighted by Gasteiger charge is -2.09. The minimum atomic E-state index is -1.03. The number of aryl methyl sites for hydroxylation is 1. The molecule has 2 rings (SSSR count). The van der Waals surface area contributed by atoms with E-state index in [1.54, 1.807) is 31.2 Å². The number of carboxylic acids is 1. The number of ether oxygens (including phenoxy) is 1. The Morgan fingerprint density at radius 3 is 2.67 bits per heavy atom. The van der Waals surface area contributed by atoms with E-state index < -0.39 is 5.97 Å². The molecule has 0 saturated heterocycles. The average molecular weight is 307 g/mol. The van der Waals surface area contributed by atoms with Crippen molar-refractivity contribution in [2.75, 3.05) is 0 Å². The van der Waals surface area contributed by atoms with Crippen molar-refractivity contribution in [3.05, 3.63) is 64.4 Å². The molecule has 0 aliphatic heterocycles. The lowest BCUT2D eigenvalue weighted by atomic mass is 10.2. The lowest BCUT2D eigenvalue weighted by molar-refractivity contribution is -0.131. The van der Waals surface area contributed by atoms with E-state index in [1.807, 2.05) is 0 Å². The summed E-state index contributed by atoms with van der Waals surface area (Å²) in [6.07, 6.45) is 2.45. The largest absolute Gasteiger partial charge is 0.478 e. The van der Waals surface area contributed by atoms with E-state index in [9.17, 15) is 9.18 Å². The molecule has 0 bridgehead atoms. The van der Waals surface area contributed by atoms with Crippen molar-refractivity contribution in [1.29, 1.82) is 0 Å². The number of halogens is 2. The van der Waals surface area contributed by atoms with Gasteiger partial charge in [0.25, 0.3) is 0 Å². The van der Waals surface area contributed by atoms with Gasteiger partial charge in [-0.25, -0.2) is 9.18 Å². The molecule has 5 heteroatoms. The maximum Gasteiger partial charge on any atom is 0.328 e. The summed E-state index contributed by atoms with van der Waals surface area (Å²) in [4.78, 5) is 10.4. The molecule has 2 aromatic carbocycles. The van der Waals surface area contributed by atoms with E-state index in [0.29, 0.717) is 27.6 Å². The Kier molecular flexibility index (Phi) is 4.60. The van der Waals surface area contributed by atoms with Crippen LogP contribution in [0.25, 0.3) is 6.08 Å². The number of carboxylic acid groups (broad SMARTS) is 1. The van der Waals surface area contributed by atoms with Crippen LogP contribution in [-0.4, -0.2) is 11.1 Å². The van der Waals surface area contributed by atoms with Crippen molar-refractivity contribution < 1.29 is 19.0 Å². The fourth-order valence-corrected chi connectivity index (χ4v) is 1.91. The molecule has 3 nitrogen and oxygen atoms in total. The van der Waals surface area contributed by atoms with Crippen LogP contribution in [0.2, 0.25) is 5.02 Å². The van der Waals surface area contributed by atoms with Gasteiger partial charge in [-0.1, -0.05) is 17.7 Å². The van der Waals surface area contributed by atoms with Crippen molar-refractivity contribution in [2.45, 2.75) is 6.92 Å². The van der Waals surface area contributed by atoms with Gasteiger partial charge >= 0.3 is 5.97 Å². The summed E-state index contributed by atoms with van der Waals surface area (Å²) >= 11 is 6.09. The topological polar surface area (TPSA) is 46.5 Å². The van der Waals surface area contributed by atoms with Crippen molar-refractivity contribution in [2.24, 2.45) is 0 Å². The zero-order chi connectivity index (χ0) is 15.4. The maximum atomic E-state index is 13.2. The Morgan fingerprint density at radius 2 is 2.05 bits per heavy atom. The fourth-order valence-electron chi connectivity index (χ4n) is 1.68. The Labute approximate surface area is 126 Å². The summed E-state index contributed by atoms with van der Waals surface area (Å²) in [7, 11) is 0. The van der Waals surface area contributed by atoms with E-state index in [2.05, 4.69) is 0 Å². The van der Waals surface area contributed by atoms with Crippen molar-refractivity contribution in [3.8, 4) is 11.5 Å². The smallest absolute Gasteiger partial charge is 0.328 e. The molecule has 0 heterocycles. The Hall–Kier alpha value is -2.33. The van der Waals surface area contributed by atoms with Crippen LogP contribution in [0.5, 0.6) is 11.5 Å². The molecule has 0 unspecified atom stereocenters. The molecule has 0 saturated carbocycles. The van der Waals surface area contributed by atoms with Crippen LogP contribution in [0.1, 0.15) is 11.1 Å². The first-order valence-electron chi connectivity index (χ1n) is 6.10.